The fraction of sp³-hybridized carbons (Fsp3) is 0.750. The van der Waals surface area contributed by atoms with Gasteiger partial charge in [0.05, 0.1) is 20.8 Å². The molecule has 1 saturated carbocycles. The maximum Gasteiger partial charge on any atom is 0.132 e. The standard InChI is InChI=1S/C4H6O.H7NSi2/c5-4-2-1-3-4;2-1-3/h1-3H2;1H,2-3H3. The SMILES string of the molecule is O=C1CCC1.[SiH3]N[SiH3]. The van der Waals surface area contributed by atoms with E-state index in [0.717, 1.165) is 19.3 Å². The molecule has 1 aliphatic rings. The number of rotatable bonds is 0. The third kappa shape index (κ3) is 4.23. The number of ketones is 1. The van der Waals surface area contributed by atoms with Crippen LogP contribution in [-0.2, 0) is 4.79 Å². The molecule has 8 heavy (non-hydrogen) atoms. The van der Waals surface area contributed by atoms with E-state index >= 15 is 0 Å². The highest BCUT2D eigenvalue weighted by molar-refractivity contribution is 6.25. The first-order valence-corrected chi connectivity index (χ1v) is 4.91. The smallest absolute Gasteiger partial charge is 0.132 e. The Labute approximate surface area is 56.0 Å². The molecule has 0 aromatic heterocycles. The topological polar surface area (TPSA) is 29.1 Å². The highest BCUT2D eigenvalue weighted by Gasteiger charge is 2.09. The van der Waals surface area contributed by atoms with Gasteiger partial charge in [-0.3, -0.25) is 4.79 Å². The van der Waals surface area contributed by atoms with Crippen LogP contribution >= 0.6 is 0 Å². The number of nitrogens with one attached hydrogen (secondary N) is 1. The van der Waals surface area contributed by atoms with Crippen molar-refractivity contribution in [2.24, 2.45) is 0 Å². The van der Waals surface area contributed by atoms with Gasteiger partial charge in [0.15, 0.2) is 0 Å². The van der Waals surface area contributed by atoms with E-state index in [1.165, 1.54) is 20.8 Å². The van der Waals surface area contributed by atoms with Crippen LogP contribution in [0.1, 0.15) is 19.3 Å². The van der Waals surface area contributed by atoms with Crippen LogP contribution in [0.25, 0.3) is 0 Å². The van der Waals surface area contributed by atoms with E-state index in [1.807, 2.05) is 0 Å². The van der Waals surface area contributed by atoms with Crippen molar-refractivity contribution in [2.75, 3.05) is 0 Å². The Kier molecular flexibility index (Phi) is 5.25. The van der Waals surface area contributed by atoms with Crippen molar-refractivity contribution in [3.05, 3.63) is 0 Å². The van der Waals surface area contributed by atoms with Crippen LogP contribution in [0, 0.1) is 0 Å². The van der Waals surface area contributed by atoms with Crippen LogP contribution in [0.15, 0.2) is 0 Å². The summed E-state index contributed by atoms with van der Waals surface area (Å²) in [5.41, 5.74) is 0. The molecule has 0 heterocycles. The Balaban J connectivity index is 0.000000145. The second kappa shape index (κ2) is 5.21. The molecule has 0 amide bonds. The van der Waals surface area contributed by atoms with Crippen LogP contribution in [0.5, 0.6) is 0 Å². The Bertz CT molecular complexity index is 70.4. The van der Waals surface area contributed by atoms with E-state index in [0.29, 0.717) is 5.78 Å². The quantitative estimate of drug-likeness (QED) is 0.397. The molecule has 1 fully saturated rings. The zero-order valence-electron chi connectivity index (χ0n) is 5.53. The zero-order valence-corrected chi connectivity index (χ0v) is 9.53. The molecule has 0 aromatic rings. The van der Waals surface area contributed by atoms with Crippen LogP contribution in [0.3, 0.4) is 0 Å². The van der Waals surface area contributed by atoms with Crippen molar-refractivity contribution in [2.45, 2.75) is 19.3 Å². The fourth-order valence-corrected chi connectivity index (χ4v) is 0.321. The van der Waals surface area contributed by atoms with Crippen LogP contribution in [0.4, 0.5) is 0 Å². The average Bonchev–Trinajstić information content (AvgIpc) is 1.64. The van der Waals surface area contributed by atoms with Crippen molar-refractivity contribution in [3.8, 4) is 0 Å². The Morgan fingerprint density at radius 3 is 1.62 bits per heavy atom. The number of carbonyl (C=O) groups is 1. The second-order valence-corrected chi connectivity index (χ2v) is 5.89. The lowest BCUT2D eigenvalue weighted by Crippen LogP contribution is -2.07. The van der Waals surface area contributed by atoms with Crippen molar-refractivity contribution in [1.82, 2.24) is 4.65 Å². The summed E-state index contributed by atoms with van der Waals surface area (Å²) in [6.45, 7) is 0. The van der Waals surface area contributed by atoms with E-state index in [1.54, 1.807) is 0 Å². The first kappa shape index (κ1) is 8.06. The third-order valence-electron chi connectivity index (χ3n) is 0.911. The lowest BCUT2D eigenvalue weighted by atomic mass is 9.99. The maximum absolute atomic E-state index is 9.90. The van der Waals surface area contributed by atoms with Gasteiger partial charge in [0.25, 0.3) is 0 Å². The van der Waals surface area contributed by atoms with Gasteiger partial charge in [-0.15, -0.1) is 0 Å². The van der Waals surface area contributed by atoms with Gasteiger partial charge in [-0.25, -0.2) is 0 Å². The van der Waals surface area contributed by atoms with Gasteiger partial charge in [-0.1, -0.05) is 0 Å². The minimum absolute atomic E-state index is 0.435. The molecule has 1 aliphatic carbocycles. The molecule has 0 unspecified atom stereocenters. The molecule has 4 heteroatoms. The Hall–Kier alpha value is 0.0638. The minimum atomic E-state index is 0.435. The highest BCUT2D eigenvalue weighted by Crippen LogP contribution is 2.10. The largest absolute Gasteiger partial charge is 0.374 e. The minimum Gasteiger partial charge on any atom is -0.374 e. The first-order valence-electron chi connectivity index (χ1n) is 2.91. The number of hydrogen-bond donors (Lipinski definition) is 1. The van der Waals surface area contributed by atoms with E-state index < -0.39 is 0 Å². The summed E-state index contributed by atoms with van der Waals surface area (Å²) in [5.74, 6) is 0.435. The molecule has 2 nitrogen and oxygen atoms in total. The van der Waals surface area contributed by atoms with Gasteiger partial charge in [-0.2, -0.15) is 0 Å². The average molecular weight is 147 g/mol. The van der Waals surface area contributed by atoms with Gasteiger partial charge >= 0.3 is 0 Å². The van der Waals surface area contributed by atoms with E-state index in [4.69, 9.17) is 0 Å². The van der Waals surface area contributed by atoms with E-state index in [9.17, 15) is 4.79 Å². The lowest BCUT2D eigenvalue weighted by Gasteiger charge is -2.05. The lowest BCUT2D eigenvalue weighted by molar-refractivity contribution is -0.123. The Morgan fingerprint density at radius 2 is 1.62 bits per heavy atom. The normalized spacial score (nSPS) is 16.8. The molecule has 1 rings (SSSR count). The van der Waals surface area contributed by atoms with Crippen molar-refractivity contribution in [3.63, 3.8) is 0 Å². The third-order valence-corrected chi connectivity index (χ3v) is 0.911. The molecule has 0 spiro atoms. The van der Waals surface area contributed by atoms with Gasteiger partial charge in [0, 0.05) is 12.8 Å². The second-order valence-electron chi connectivity index (χ2n) is 1.89. The summed E-state index contributed by atoms with van der Waals surface area (Å²) in [7, 11) is 2.36. The highest BCUT2D eigenvalue weighted by atomic mass is 28.2. The number of carbonyl (C=O) groups excluding carboxylic acids is 1. The molecule has 0 aliphatic heterocycles. The van der Waals surface area contributed by atoms with Gasteiger partial charge in [-0.05, 0) is 6.42 Å². The summed E-state index contributed by atoms with van der Waals surface area (Å²) in [6.07, 6.45) is 2.83. The van der Waals surface area contributed by atoms with Crippen LogP contribution < -0.4 is 4.65 Å². The predicted molar refractivity (Wildman–Crippen MR) is 41.9 cm³/mol. The van der Waals surface area contributed by atoms with Gasteiger partial charge < -0.3 is 4.65 Å². The summed E-state index contributed by atoms with van der Waals surface area (Å²) in [4.78, 5) is 9.90. The van der Waals surface area contributed by atoms with Crippen LogP contribution in [-0.4, -0.2) is 26.6 Å². The molecular weight excluding hydrogens is 134 g/mol. The fourth-order valence-electron chi connectivity index (χ4n) is 0.321. The molecular formula is C4H13NOSi2. The summed E-state index contributed by atoms with van der Waals surface area (Å²) < 4.78 is 3.03. The maximum atomic E-state index is 9.90. The van der Waals surface area contributed by atoms with E-state index in [2.05, 4.69) is 4.65 Å². The first-order chi connectivity index (χ1) is 3.81. The van der Waals surface area contributed by atoms with Gasteiger partial charge in [0.2, 0.25) is 0 Å². The van der Waals surface area contributed by atoms with Crippen LogP contribution in [0.2, 0.25) is 0 Å². The molecule has 0 bridgehead atoms. The van der Waals surface area contributed by atoms with Crippen molar-refractivity contribution >= 4 is 26.6 Å². The molecule has 0 aromatic carbocycles. The summed E-state index contributed by atoms with van der Waals surface area (Å²) in [6, 6.07) is 0. The molecule has 0 saturated heterocycles. The predicted octanol–water partition coefficient (Wildman–Crippen LogP) is -2.12. The zero-order chi connectivity index (χ0) is 6.41. The number of Topliss-reactive ketones (excluding diaryl/α,β-unsaturated/α-hetero) is 1. The molecule has 0 radical (unpaired) electrons. The van der Waals surface area contributed by atoms with Crippen molar-refractivity contribution in [1.29, 1.82) is 0 Å². The Morgan fingerprint density at radius 1 is 1.38 bits per heavy atom. The summed E-state index contributed by atoms with van der Waals surface area (Å²) >= 11 is 0. The molecule has 48 valence electrons. The monoisotopic (exact) mass is 147 g/mol. The summed E-state index contributed by atoms with van der Waals surface area (Å²) in [5, 5.41) is 0. The van der Waals surface area contributed by atoms with Gasteiger partial charge in [0.1, 0.15) is 5.78 Å². The molecule has 0 atom stereocenters. The van der Waals surface area contributed by atoms with E-state index in [-0.39, 0.29) is 0 Å². The number of hydrogen-bond acceptors (Lipinski definition) is 2. The molecule has 1 N–H and O–H groups in total. The van der Waals surface area contributed by atoms with Crippen molar-refractivity contribution < 1.29 is 4.79 Å².